The number of piperidine rings is 1. The van der Waals surface area contributed by atoms with Crippen LogP contribution in [-0.2, 0) is 19.1 Å². The number of likely N-dealkylation sites (N-methyl/N-ethyl adjacent to an activating group) is 1. The molecule has 3 unspecified atom stereocenters. The molecule has 0 aromatic carbocycles. The second-order valence-electron chi connectivity index (χ2n) is 6.07. The fourth-order valence-corrected chi connectivity index (χ4v) is 3.39. The van der Waals surface area contributed by atoms with E-state index in [0.717, 1.165) is 25.9 Å². The van der Waals surface area contributed by atoms with Gasteiger partial charge in [0.1, 0.15) is 0 Å². The van der Waals surface area contributed by atoms with Gasteiger partial charge in [0.2, 0.25) is 11.8 Å². The minimum absolute atomic E-state index is 0.0827. The standard InChI is InChI=1S/C14H22N2O4/c1-16-12(17)3-2-11(13(16)18)15-10-4-6-20-14(8-10)5-7-19-9-14/h10-11,15H,2-9H2,1H3. The van der Waals surface area contributed by atoms with E-state index in [4.69, 9.17) is 9.47 Å². The zero-order chi connectivity index (χ0) is 14.2. The lowest BCUT2D eigenvalue weighted by atomic mass is 9.89. The highest BCUT2D eigenvalue weighted by atomic mass is 16.6. The lowest BCUT2D eigenvalue weighted by Gasteiger charge is -2.39. The van der Waals surface area contributed by atoms with E-state index in [1.807, 2.05) is 0 Å². The number of amides is 2. The molecule has 3 heterocycles. The Morgan fingerprint density at radius 2 is 2.15 bits per heavy atom. The van der Waals surface area contributed by atoms with Crippen LogP contribution in [0.2, 0.25) is 0 Å². The molecule has 2 amide bonds. The van der Waals surface area contributed by atoms with Gasteiger partial charge in [-0.25, -0.2) is 0 Å². The van der Waals surface area contributed by atoms with Crippen molar-refractivity contribution < 1.29 is 19.1 Å². The molecule has 3 aliphatic heterocycles. The molecule has 112 valence electrons. The molecule has 0 aromatic rings. The normalized spacial score (nSPS) is 38.8. The summed E-state index contributed by atoms with van der Waals surface area (Å²) in [5, 5.41) is 3.43. The summed E-state index contributed by atoms with van der Waals surface area (Å²) in [5.74, 6) is -0.190. The molecule has 20 heavy (non-hydrogen) atoms. The zero-order valence-corrected chi connectivity index (χ0v) is 11.9. The highest BCUT2D eigenvalue weighted by Gasteiger charge is 2.42. The maximum atomic E-state index is 12.1. The van der Waals surface area contributed by atoms with Crippen molar-refractivity contribution >= 4 is 11.8 Å². The molecular weight excluding hydrogens is 260 g/mol. The first-order chi connectivity index (χ1) is 9.60. The van der Waals surface area contributed by atoms with Crippen LogP contribution in [0.5, 0.6) is 0 Å². The molecule has 3 saturated heterocycles. The number of likely N-dealkylation sites (tertiary alicyclic amines) is 1. The van der Waals surface area contributed by atoms with Crippen molar-refractivity contribution in [3.63, 3.8) is 0 Å². The molecule has 1 N–H and O–H groups in total. The van der Waals surface area contributed by atoms with Crippen molar-refractivity contribution in [1.82, 2.24) is 10.2 Å². The van der Waals surface area contributed by atoms with Crippen LogP contribution in [0.3, 0.4) is 0 Å². The van der Waals surface area contributed by atoms with Gasteiger partial charge in [0.25, 0.3) is 0 Å². The van der Waals surface area contributed by atoms with Crippen molar-refractivity contribution in [2.75, 3.05) is 26.9 Å². The molecular formula is C14H22N2O4. The van der Waals surface area contributed by atoms with Crippen LogP contribution in [-0.4, -0.2) is 61.3 Å². The number of hydrogen-bond donors (Lipinski definition) is 1. The quantitative estimate of drug-likeness (QED) is 0.726. The van der Waals surface area contributed by atoms with E-state index in [2.05, 4.69) is 5.32 Å². The lowest BCUT2D eigenvalue weighted by molar-refractivity contribution is -0.149. The van der Waals surface area contributed by atoms with E-state index in [-0.39, 0.29) is 29.5 Å². The van der Waals surface area contributed by atoms with Gasteiger partial charge in [-0.3, -0.25) is 14.5 Å². The van der Waals surface area contributed by atoms with Gasteiger partial charge in [0.05, 0.1) is 18.2 Å². The monoisotopic (exact) mass is 282 g/mol. The lowest BCUT2D eigenvalue weighted by Crippen LogP contribution is -2.57. The van der Waals surface area contributed by atoms with Crippen molar-refractivity contribution in [2.24, 2.45) is 0 Å². The summed E-state index contributed by atoms with van der Waals surface area (Å²) in [6, 6.07) is 0.0289. The Balaban J connectivity index is 1.60. The Labute approximate surface area is 118 Å². The molecule has 0 radical (unpaired) electrons. The van der Waals surface area contributed by atoms with Crippen LogP contribution >= 0.6 is 0 Å². The first kappa shape index (κ1) is 14.0. The molecule has 0 aromatic heterocycles. The molecule has 3 aliphatic rings. The Hall–Kier alpha value is -0.980. The minimum Gasteiger partial charge on any atom is -0.378 e. The average Bonchev–Trinajstić information content (AvgIpc) is 2.88. The SMILES string of the molecule is CN1C(=O)CCC(NC2CCOC3(CCOC3)C2)C1=O. The van der Waals surface area contributed by atoms with Crippen LogP contribution in [0.15, 0.2) is 0 Å². The second kappa shape index (κ2) is 5.42. The highest BCUT2D eigenvalue weighted by molar-refractivity contribution is 6.00. The summed E-state index contributed by atoms with van der Waals surface area (Å²) in [6.45, 7) is 2.12. The van der Waals surface area contributed by atoms with Gasteiger partial charge in [0.15, 0.2) is 0 Å². The molecule has 1 spiro atoms. The number of nitrogens with one attached hydrogen (secondary N) is 1. The van der Waals surface area contributed by atoms with Gasteiger partial charge in [-0.15, -0.1) is 0 Å². The predicted molar refractivity (Wildman–Crippen MR) is 71.1 cm³/mol. The topological polar surface area (TPSA) is 67.9 Å². The molecule has 3 fully saturated rings. The Morgan fingerprint density at radius 1 is 1.30 bits per heavy atom. The summed E-state index contributed by atoms with van der Waals surface area (Å²) >= 11 is 0. The zero-order valence-electron chi connectivity index (χ0n) is 11.9. The number of rotatable bonds is 2. The van der Waals surface area contributed by atoms with E-state index in [9.17, 15) is 9.59 Å². The minimum atomic E-state index is -0.236. The van der Waals surface area contributed by atoms with Crippen molar-refractivity contribution in [2.45, 2.75) is 49.8 Å². The molecule has 0 aliphatic carbocycles. The number of nitrogens with zero attached hydrogens (tertiary/aromatic N) is 1. The maximum absolute atomic E-state index is 12.1. The van der Waals surface area contributed by atoms with Crippen LogP contribution in [0, 0.1) is 0 Å². The van der Waals surface area contributed by atoms with E-state index in [1.54, 1.807) is 7.05 Å². The number of ether oxygens (including phenoxy) is 2. The third-order valence-corrected chi connectivity index (χ3v) is 4.65. The third kappa shape index (κ3) is 2.60. The van der Waals surface area contributed by atoms with Crippen LogP contribution in [0.1, 0.15) is 32.1 Å². The number of carbonyl (C=O) groups excluding carboxylic acids is 2. The first-order valence-electron chi connectivity index (χ1n) is 7.38. The van der Waals surface area contributed by atoms with Crippen molar-refractivity contribution in [1.29, 1.82) is 0 Å². The molecule has 6 nitrogen and oxygen atoms in total. The predicted octanol–water partition coefficient (Wildman–Crippen LogP) is 0.0615. The van der Waals surface area contributed by atoms with Gasteiger partial charge >= 0.3 is 0 Å². The van der Waals surface area contributed by atoms with Crippen LogP contribution in [0.4, 0.5) is 0 Å². The second-order valence-corrected chi connectivity index (χ2v) is 6.07. The van der Waals surface area contributed by atoms with Crippen LogP contribution < -0.4 is 5.32 Å². The van der Waals surface area contributed by atoms with Gasteiger partial charge in [0, 0.05) is 39.1 Å². The summed E-state index contributed by atoms with van der Waals surface area (Å²) < 4.78 is 11.4. The summed E-state index contributed by atoms with van der Waals surface area (Å²) in [4.78, 5) is 24.8. The molecule has 0 saturated carbocycles. The van der Waals surface area contributed by atoms with E-state index in [1.165, 1.54) is 4.90 Å². The smallest absolute Gasteiger partial charge is 0.246 e. The molecule has 0 bridgehead atoms. The van der Waals surface area contributed by atoms with E-state index in [0.29, 0.717) is 26.1 Å². The van der Waals surface area contributed by atoms with E-state index < -0.39 is 0 Å². The number of carbonyl (C=O) groups is 2. The van der Waals surface area contributed by atoms with Gasteiger partial charge < -0.3 is 14.8 Å². The fraction of sp³-hybridized carbons (Fsp3) is 0.857. The molecule has 6 heteroatoms. The van der Waals surface area contributed by atoms with E-state index >= 15 is 0 Å². The molecule has 3 atom stereocenters. The fourth-order valence-electron chi connectivity index (χ4n) is 3.39. The van der Waals surface area contributed by atoms with Gasteiger partial charge in [-0.05, 0) is 19.3 Å². The summed E-state index contributed by atoms with van der Waals surface area (Å²) in [5.41, 5.74) is -0.157. The summed E-state index contributed by atoms with van der Waals surface area (Å²) in [6.07, 6.45) is 3.76. The van der Waals surface area contributed by atoms with Crippen LogP contribution in [0.25, 0.3) is 0 Å². The average molecular weight is 282 g/mol. The largest absolute Gasteiger partial charge is 0.378 e. The molecule has 3 rings (SSSR count). The Morgan fingerprint density at radius 3 is 2.90 bits per heavy atom. The third-order valence-electron chi connectivity index (χ3n) is 4.65. The van der Waals surface area contributed by atoms with Gasteiger partial charge in [-0.2, -0.15) is 0 Å². The van der Waals surface area contributed by atoms with Crippen molar-refractivity contribution in [3.05, 3.63) is 0 Å². The highest BCUT2D eigenvalue weighted by Crippen LogP contribution is 2.33. The summed E-state index contributed by atoms with van der Waals surface area (Å²) in [7, 11) is 1.56. The Kier molecular flexibility index (Phi) is 3.79. The van der Waals surface area contributed by atoms with Gasteiger partial charge in [-0.1, -0.05) is 0 Å². The first-order valence-corrected chi connectivity index (χ1v) is 7.38. The maximum Gasteiger partial charge on any atom is 0.246 e. The number of imide groups is 1. The Bertz CT molecular complexity index is 406. The number of hydrogen-bond acceptors (Lipinski definition) is 5. The van der Waals surface area contributed by atoms with Crippen molar-refractivity contribution in [3.8, 4) is 0 Å².